The lowest BCUT2D eigenvalue weighted by molar-refractivity contribution is -0.677. The van der Waals surface area contributed by atoms with Crippen LogP contribution in [0.25, 0.3) is 10.8 Å². The van der Waals surface area contributed by atoms with Gasteiger partial charge in [-0.1, -0.05) is 12.1 Å². The smallest absolute Gasteiger partial charge is 0.193 e. The largest absolute Gasteiger partial charge is 0.504 e. The van der Waals surface area contributed by atoms with Crippen molar-refractivity contribution >= 4 is 10.8 Å². The molecule has 0 aliphatic rings. The van der Waals surface area contributed by atoms with Crippen molar-refractivity contribution < 1.29 is 19.5 Å². The van der Waals surface area contributed by atoms with Crippen LogP contribution in [0.2, 0.25) is 0 Å². The van der Waals surface area contributed by atoms with Crippen molar-refractivity contribution in [2.75, 3.05) is 7.11 Å². The first kappa shape index (κ1) is 14.2. The molecule has 1 heterocycles. The topological polar surface area (TPSA) is 53.6 Å². The van der Waals surface area contributed by atoms with Crippen molar-refractivity contribution in [2.45, 2.75) is 6.42 Å². The van der Waals surface area contributed by atoms with Crippen LogP contribution >= 0.6 is 0 Å². The summed E-state index contributed by atoms with van der Waals surface area (Å²) < 4.78 is 7.21. The molecule has 4 heteroatoms. The SMILES string of the molecule is COc1ccc(Cc2c3cc(O)c(O)cc3cc[n+]2C)cc1. The zero-order valence-corrected chi connectivity index (χ0v) is 12.6. The number of aromatic nitrogens is 1. The Bertz CT molecular complexity index is 826. The molecule has 3 aromatic rings. The molecule has 0 unspecified atom stereocenters. The first-order chi connectivity index (χ1) is 10.6. The number of aryl methyl sites for hydroxylation is 1. The highest BCUT2D eigenvalue weighted by Crippen LogP contribution is 2.31. The monoisotopic (exact) mass is 296 g/mol. The number of phenols is 2. The van der Waals surface area contributed by atoms with Crippen LogP contribution in [-0.4, -0.2) is 17.3 Å². The third-order valence-corrected chi connectivity index (χ3v) is 3.89. The number of aromatic hydroxyl groups is 2. The van der Waals surface area contributed by atoms with Gasteiger partial charge in [-0.25, -0.2) is 4.57 Å². The number of rotatable bonds is 3. The van der Waals surface area contributed by atoms with Gasteiger partial charge in [-0.3, -0.25) is 0 Å². The van der Waals surface area contributed by atoms with Gasteiger partial charge in [-0.15, -0.1) is 0 Å². The molecule has 2 N–H and O–H groups in total. The van der Waals surface area contributed by atoms with Crippen molar-refractivity contribution in [3.63, 3.8) is 0 Å². The molecule has 0 saturated heterocycles. The maximum Gasteiger partial charge on any atom is 0.193 e. The van der Waals surface area contributed by atoms with E-state index < -0.39 is 0 Å². The number of fused-ring (bicyclic) bond motifs is 1. The van der Waals surface area contributed by atoms with Gasteiger partial charge in [0, 0.05) is 6.07 Å². The van der Waals surface area contributed by atoms with Crippen molar-refractivity contribution in [1.82, 2.24) is 0 Å². The minimum absolute atomic E-state index is 0.100. The van der Waals surface area contributed by atoms with Gasteiger partial charge < -0.3 is 14.9 Å². The van der Waals surface area contributed by atoms with E-state index in [2.05, 4.69) is 0 Å². The Balaban J connectivity index is 2.08. The lowest BCUT2D eigenvalue weighted by Crippen LogP contribution is -2.33. The summed E-state index contributed by atoms with van der Waals surface area (Å²) in [7, 11) is 3.62. The molecule has 0 amide bonds. The molecule has 2 aromatic carbocycles. The zero-order chi connectivity index (χ0) is 15.7. The third-order valence-electron chi connectivity index (χ3n) is 3.89. The molecule has 0 spiro atoms. The summed E-state index contributed by atoms with van der Waals surface area (Å²) in [6.07, 6.45) is 2.68. The molecule has 0 saturated carbocycles. The van der Waals surface area contributed by atoms with E-state index in [0.717, 1.165) is 34.2 Å². The van der Waals surface area contributed by atoms with Crippen molar-refractivity contribution in [3.05, 3.63) is 59.9 Å². The minimum atomic E-state index is -0.102. The van der Waals surface area contributed by atoms with Crippen LogP contribution in [0.15, 0.2) is 48.7 Å². The van der Waals surface area contributed by atoms with Crippen LogP contribution in [0, 0.1) is 0 Å². The number of hydrogen-bond donors (Lipinski definition) is 2. The second kappa shape index (κ2) is 5.56. The highest BCUT2D eigenvalue weighted by Gasteiger charge is 2.15. The number of benzene rings is 2. The van der Waals surface area contributed by atoms with E-state index >= 15 is 0 Å². The van der Waals surface area contributed by atoms with Crippen molar-refractivity contribution in [1.29, 1.82) is 0 Å². The Hall–Kier alpha value is -2.75. The van der Waals surface area contributed by atoms with E-state index in [1.807, 2.05) is 48.1 Å². The molecule has 22 heavy (non-hydrogen) atoms. The van der Waals surface area contributed by atoms with Crippen LogP contribution < -0.4 is 9.30 Å². The van der Waals surface area contributed by atoms with E-state index in [1.165, 1.54) is 0 Å². The highest BCUT2D eigenvalue weighted by molar-refractivity contribution is 5.87. The van der Waals surface area contributed by atoms with Gasteiger partial charge in [-0.2, -0.15) is 0 Å². The molecular formula is C18H18NO3+. The van der Waals surface area contributed by atoms with Gasteiger partial charge in [0.05, 0.1) is 18.9 Å². The van der Waals surface area contributed by atoms with Crippen molar-refractivity contribution in [3.8, 4) is 17.2 Å². The van der Waals surface area contributed by atoms with Crippen LogP contribution in [-0.2, 0) is 13.5 Å². The average Bonchev–Trinajstić information content (AvgIpc) is 2.53. The van der Waals surface area contributed by atoms with Crippen LogP contribution in [0.4, 0.5) is 0 Å². The summed E-state index contributed by atoms with van der Waals surface area (Å²) in [5.41, 5.74) is 2.22. The fraction of sp³-hybridized carbons (Fsp3) is 0.167. The van der Waals surface area contributed by atoms with Gasteiger partial charge >= 0.3 is 0 Å². The summed E-state index contributed by atoms with van der Waals surface area (Å²) in [6.45, 7) is 0. The fourth-order valence-electron chi connectivity index (χ4n) is 2.61. The van der Waals surface area contributed by atoms with Crippen LogP contribution in [0.5, 0.6) is 17.2 Å². The Morgan fingerprint density at radius 2 is 1.68 bits per heavy atom. The lowest BCUT2D eigenvalue weighted by atomic mass is 10.0. The Morgan fingerprint density at radius 3 is 2.36 bits per heavy atom. The van der Waals surface area contributed by atoms with E-state index in [4.69, 9.17) is 4.74 Å². The van der Waals surface area contributed by atoms with E-state index in [-0.39, 0.29) is 11.5 Å². The van der Waals surface area contributed by atoms with Crippen molar-refractivity contribution in [2.24, 2.45) is 7.05 Å². The molecule has 0 aliphatic heterocycles. The third kappa shape index (κ3) is 2.55. The average molecular weight is 296 g/mol. The molecule has 3 rings (SSSR count). The highest BCUT2D eigenvalue weighted by atomic mass is 16.5. The summed E-state index contributed by atoms with van der Waals surface area (Å²) in [4.78, 5) is 0. The lowest BCUT2D eigenvalue weighted by Gasteiger charge is -2.07. The van der Waals surface area contributed by atoms with Gasteiger partial charge in [0.25, 0.3) is 0 Å². The van der Waals surface area contributed by atoms with Gasteiger partial charge in [0.1, 0.15) is 12.8 Å². The molecule has 0 fully saturated rings. The fourth-order valence-corrected chi connectivity index (χ4v) is 2.61. The molecule has 0 radical (unpaired) electrons. The van der Waals surface area contributed by atoms with Crippen LogP contribution in [0.3, 0.4) is 0 Å². The normalized spacial score (nSPS) is 10.8. The number of hydrogen-bond acceptors (Lipinski definition) is 3. The quantitative estimate of drug-likeness (QED) is 0.577. The summed E-state index contributed by atoms with van der Waals surface area (Å²) >= 11 is 0. The first-order valence-electron chi connectivity index (χ1n) is 7.04. The molecule has 0 bridgehead atoms. The molecular weight excluding hydrogens is 278 g/mol. The van der Waals surface area contributed by atoms with E-state index in [0.29, 0.717) is 0 Å². The van der Waals surface area contributed by atoms with E-state index in [9.17, 15) is 10.2 Å². The second-order valence-electron chi connectivity index (χ2n) is 5.33. The standard InChI is InChI=1S/C18H17NO3/c1-19-8-7-13-10-17(20)18(21)11-15(13)16(19)9-12-3-5-14(22-2)6-4-12/h3-8,10-11,21H,9H2,1-2H3/p+1. The molecule has 1 aromatic heterocycles. The number of ether oxygens (including phenoxy) is 1. The summed E-state index contributed by atoms with van der Waals surface area (Å²) in [5, 5.41) is 21.3. The summed E-state index contributed by atoms with van der Waals surface area (Å²) in [5.74, 6) is 0.625. The predicted octanol–water partition coefficient (Wildman–Crippen LogP) is 2.67. The van der Waals surface area contributed by atoms with E-state index in [1.54, 1.807) is 19.2 Å². The zero-order valence-electron chi connectivity index (χ0n) is 12.6. The molecule has 4 nitrogen and oxygen atoms in total. The number of nitrogens with zero attached hydrogens (tertiary/aromatic N) is 1. The molecule has 0 aliphatic carbocycles. The van der Waals surface area contributed by atoms with Gasteiger partial charge in [0.15, 0.2) is 23.4 Å². The number of pyridine rings is 1. The number of phenolic OH excluding ortho intramolecular Hbond substituents is 2. The maximum atomic E-state index is 9.79. The predicted molar refractivity (Wildman–Crippen MR) is 84.3 cm³/mol. The molecule has 0 atom stereocenters. The number of methoxy groups -OCH3 is 1. The Morgan fingerprint density at radius 1 is 1.00 bits per heavy atom. The first-order valence-corrected chi connectivity index (χ1v) is 7.04. The minimum Gasteiger partial charge on any atom is -0.504 e. The van der Waals surface area contributed by atoms with Crippen LogP contribution in [0.1, 0.15) is 11.3 Å². The van der Waals surface area contributed by atoms with Gasteiger partial charge in [0.2, 0.25) is 0 Å². The Labute approximate surface area is 128 Å². The Kier molecular flexibility index (Phi) is 3.59. The maximum absolute atomic E-state index is 9.79. The molecule has 112 valence electrons. The van der Waals surface area contributed by atoms with Gasteiger partial charge in [-0.05, 0) is 35.2 Å². The summed E-state index contributed by atoms with van der Waals surface area (Å²) in [6, 6.07) is 13.0. The second-order valence-corrected chi connectivity index (χ2v) is 5.33.